The van der Waals surface area contributed by atoms with E-state index in [4.69, 9.17) is 4.99 Å². The largest absolute Gasteiger partial charge is 0.357 e. The molecule has 2 aromatic carbocycles. The number of guanidine groups is 1. The number of amides is 1. The molecule has 2 N–H and O–H groups in total. The van der Waals surface area contributed by atoms with E-state index >= 15 is 0 Å². The van der Waals surface area contributed by atoms with Gasteiger partial charge in [-0.05, 0) is 55.0 Å². The number of hydrogen-bond acceptors (Lipinski definition) is 2. The van der Waals surface area contributed by atoms with Crippen molar-refractivity contribution in [3.63, 3.8) is 0 Å². The second-order valence-electron chi connectivity index (χ2n) is 8.53. The zero-order chi connectivity index (χ0) is 21.7. The van der Waals surface area contributed by atoms with Gasteiger partial charge >= 0.3 is 0 Å². The fourth-order valence-electron chi connectivity index (χ4n) is 4.24. The van der Waals surface area contributed by atoms with E-state index in [0.29, 0.717) is 19.5 Å². The summed E-state index contributed by atoms with van der Waals surface area (Å²) < 4.78 is 13.7. The lowest BCUT2D eigenvalue weighted by Gasteiger charge is -2.20. The summed E-state index contributed by atoms with van der Waals surface area (Å²) in [5.41, 5.74) is 3.32. The molecule has 1 saturated heterocycles. The SMILES string of the molecule is CCNC(=NCc1ccccc1CN1CCCC1=O)NCC1(c2cccc(F)c2)CC1.I. The molecule has 1 aliphatic heterocycles. The van der Waals surface area contributed by atoms with Crippen LogP contribution in [-0.4, -0.2) is 36.4 Å². The Morgan fingerprint density at radius 2 is 1.91 bits per heavy atom. The fraction of sp³-hybridized carbons (Fsp3) is 0.440. The average molecular weight is 550 g/mol. The normalized spacial score (nSPS) is 17.1. The van der Waals surface area contributed by atoms with Gasteiger partial charge in [-0.2, -0.15) is 0 Å². The second-order valence-corrected chi connectivity index (χ2v) is 8.53. The summed E-state index contributed by atoms with van der Waals surface area (Å²) in [4.78, 5) is 18.7. The van der Waals surface area contributed by atoms with Crippen LogP contribution in [0.2, 0.25) is 0 Å². The van der Waals surface area contributed by atoms with Gasteiger partial charge in [0.1, 0.15) is 5.82 Å². The maximum atomic E-state index is 13.7. The van der Waals surface area contributed by atoms with Crippen LogP contribution in [0.1, 0.15) is 49.3 Å². The van der Waals surface area contributed by atoms with E-state index in [1.807, 2.05) is 30.0 Å². The minimum atomic E-state index is -0.183. The van der Waals surface area contributed by atoms with Gasteiger partial charge in [-0.25, -0.2) is 9.38 Å². The molecule has 0 bridgehead atoms. The maximum Gasteiger partial charge on any atom is 0.222 e. The van der Waals surface area contributed by atoms with E-state index < -0.39 is 0 Å². The van der Waals surface area contributed by atoms with Crippen molar-refractivity contribution in [2.24, 2.45) is 4.99 Å². The number of benzene rings is 2. The molecule has 2 aromatic rings. The third-order valence-corrected chi connectivity index (χ3v) is 6.29. The molecule has 7 heteroatoms. The number of hydrogen-bond donors (Lipinski definition) is 2. The molecule has 0 unspecified atom stereocenters. The number of nitrogens with zero attached hydrogens (tertiary/aromatic N) is 2. The number of rotatable bonds is 8. The van der Waals surface area contributed by atoms with Gasteiger partial charge in [-0.3, -0.25) is 4.79 Å². The number of nitrogens with one attached hydrogen (secondary N) is 2. The lowest BCUT2D eigenvalue weighted by molar-refractivity contribution is -0.128. The summed E-state index contributed by atoms with van der Waals surface area (Å²) in [7, 11) is 0. The quantitative estimate of drug-likeness (QED) is 0.292. The minimum absolute atomic E-state index is 0. The molecule has 0 atom stereocenters. The van der Waals surface area contributed by atoms with Crippen molar-refractivity contribution >= 4 is 35.8 Å². The van der Waals surface area contributed by atoms with Crippen molar-refractivity contribution < 1.29 is 9.18 Å². The number of aliphatic imine (C=N–C) groups is 1. The van der Waals surface area contributed by atoms with Crippen molar-refractivity contribution in [2.75, 3.05) is 19.6 Å². The lowest BCUT2D eigenvalue weighted by Crippen LogP contribution is -2.41. The third kappa shape index (κ3) is 5.99. The van der Waals surface area contributed by atoms with Crippen molar-refractivity contribution in [3.8, 4) is 0 Å². The van der Waals surface area contributed by atoms with E-state index in [0.717, 1.165) is 61.5 Å². The molecule has 0 aromatic heterocycles. The van der Waals surface area contributed by atoms with E-state index in [2.05, 4.69) is 22.8 Å². The van der Waals surface area contributed by atoms with Gasteiger partial charge in [-0.15, -0.1) is 24.0 Å². The molecular weight excluding hydrogens is 518 g/mol. The first-order valence-electron chi connectivity index (χ1n) is 11.2. The molecular formula is C25H32FIN4O. The Bertz CT molecular complexity index is 960. The molecule has 1 amide bonds. The molecule has 1 heterocycles. The highest BCUT2D eigenvalue weighted by Gasteiger charge is 2.44. The zero-order valence-electron chi connectivity index (χ0n) is 18.6. The van der Waals surface area contributed by atoms with Gasteiger partial charge < -0.3 is 15.5 Å². The smallest absolute Gasteiger partial charge is 0.222 e. The van der Waals surface area contributed by atoms with E-state index in [1.54, 1.807) is 12.1 Å². The standard InChI is InChI=1S/C25H31FN4O.HI/c1-2-27-24(29-18-25(12-13-25)21-9-5-10-22(26)15-21)28-16-19-7-3-4-8-20(19)17-30-14-6-11-23(30)31;/h3-5,7-10,15H,2,6,11-14,16-18H2,1H3,(H2,27,28,29);1H. The highest BCUT2D eigenvalue weighted by atomic mass is 127. The van der Waals surface area contributed by atoms with Crippen LogP contribution < -0.4 is 10.6 Å². The fourth-order valence-corrected chi connectivity index (χ4v) is 4.24. The summed E-state index contributed by atoms with van der Waals surface area (Å²) in [5.74, 6) is 0.815. The summed E-state index contributed by atoms with van der Waals surface area (Å²) in [6.07, 6.45) is 3.70. The van der Waals surface area contributed by atoms with Crippen LogP contribution in [-0.2, 0) is 23.3 Å². The highest BCUT2D eigenvalue weighted by molar-refractivity contribution is 14.0. The van der Waals surface area contributed by atoms with Gasteiger partial charge in [0.2, 0.25) is 5.91 Å². The molecule has 2 fully saturated rings. The molecule has 2 aliphatic rings. The average Bonchev–Trinajstić information content (AvgIpc) is 3.47. The molecule has 0 spiro atoms. The van der Waals surface area contributed by atoms with Gasteiger partial charge in [0.25, 0.3) is 0 Å². The van der Waals surface area contributed by atoms with E-state index in [-0.39, 0.29) is 41.1 Å². The first-order valence-corrected chi connectivity index (χ1v) is 11.2. The van der Waals surface area contributed by atoms with Gasteiger partial charge in [0.05, 0.1) is 6.54 Å². The van der Waals surface area contributed by atoms with Crippen LogP contribution in [0.5, 0.6) is 0 Å². The molecule has 1 saturated carbocycles. The van der Waals surface area contributed by atoms with Crippen LogP contribution in [0, 0.1) is 5.82 Å². The Kier molecular flexibility index (Phi) is 8.51. The predicted octanol–water partition coefficient (Wildman–Crippen LogP) is 4.35. The van der Waals surface area contributed by atoms with E-state index in [9.17, 15) is 9.18 Å². The van der Waals surface area contributed by atoms with Crippen molar-refractivity contribution in [1.82, 2.24) is 15.5 Å². The van der Waals surface area contributed by atoms with Crippen LogP contribution in [0.3, 0.4) is 0 Å². The predicted molar refractivity (Wildman–Crippen MR) is 137 cm³/mol. The Morgan fingerprint density at radius 3 is 2.56 bits per heavy atom. The number of halogens is 2. The summed E-state index contributed by atoms with van der Waals surface area (Å²) in [5, 5.41) is 6.78. The first kappa shape index (κ1) is 24.5. The Labute approximate surface area is 206 Å². The van der Waals surface area contributed by atoms with Crippen molar-refractivity contribution in [1.29, 1.82) is 0 Å². The van der Waals surface area contributed by atoms with Crippen LogP contribution in [0.25, 0.3) is 0 Å². The Morgan fingerprint density at radius 1 is 1.12 bits per heavy atom. The Hall–Kier alpha value is -2.16. The lowest BCUT2D eigenvalue weighted by atomic mass is 9.96. The van der Waals surface area contributed by atoms with Crippen molar-refractivity contribution in [2.45, 2.75) is 51.1 Å². The molecule has 0 radical (unpaired) electrons. The summed E-state index contributed by atoms with van der Waals surface area (Å²) in [6, 6.07) is 15.1. The van der Waals surface area contributed by atoms with Gasteiger partial charge in [-0.1, -0.05) is 36.4 Å². The molecule has 32 heavy (non-hydrogen) atoms. The van der Waals surface area contributed by atoms with Gasteiger partial charge in [0.15, 0.2) is 5.96 Å². The zero-order valence-corrected chi connectivity index (χ0v) is 20.9. The molecule has 4 rings (SSSR count). The van der Waals surface area contributed by atoms with Crippen molar-refractivity contribution in [3.05, 3.63) is 71.0 Å². The summed E-state index contributed by atoms with van der Waals surface area (Å²) >= 11 is 0. The molecule has 5 nitrogen and oxygen atoms in total. The van der Waals surface area contributed by atoms with Crippen LogP contribution in [0.15, 0.2) is 53.5 Å². The second kappa shape index (κ2) is 11.1. The number of likely N-dealkylation sites (tertiary alicyclic amines) is 1. The Balaban J connectivity index is 0.00000289. The highest BCUT2D eigenvalue weighted by Crippen LogP contribution is 2.47. The van der Waals surface area contributed by atoms with Gasteiger partial charge in [0, 0.05) is 38.0 Å². The first-order chi connectivity index (χ1) is 15.1. The van der Waals surface area contributed by atoms with Crippen LogP contribution in [0.4, 0.5) is 4.39 Å². The molecule has 172 valence electrons. The topological polar surface area (TPSA) is 56.7 Å². The monoisotopic (exact) mass is 550 g/mol. The van der Waals surface area contributed by atoms with Crippen LogP contribution >= 0.6 is 24.0 Å². The number of carbonyl (C=O) groups is 1. The van der Waals surface area contributed by atoms with E-state index in [1.165, 1.54) is 6.07 Å². The number of carbonyl (C=O) groups excluding carboxylic acids is 1. The maximum absolute atomic E-state index is 13.7. The molecule has 1 aliphatic carbocycles. The third-order valence-electron chi connectivity index (χ3n) is 6.29. The minimum Gasteiger partial charge on any atom is -0.357 e. The summed E-state index contributed by atoms with van der Waals surface area (Å²) in [6.45, 7) is 5.57.